The van der Waals surface area contributed by atoms with E-state index in [9.17, 15) is 9.59 Å². The Labute approximate surface area is 175 Å². The molecule has 146 valence electrons. The number of fused-ring (bicyclic) bond motifs is 2. The van der Waals surface area contributed by atoms with E-state index in [4.69, 9.17) is 16.3 Å². The third-order valence-electron chi connectivity index (χ3n) is 4.35. The summed E-state index contributed by atoms with van der Waals surface area (Å²) in [5.74, 6) is -0.898. The second kappa shape index (κ2) is 8.14. The molecule has 2 aromatic carbocycles. The normalized spacial score (nSPS) is 11.0. The molecule has 29 heavy (non-hydrogen) atoms. The number of carbonyl (C=O) groups excluding carboxylic acids is 2. The smallest absolute Gasteiger partial charge is 0.338 e. The van der Waals surface area contributed by atoms with Crippen LogP contribution in [-0.2, 0) is 9.53 Å². The average Bonchev–Trinajstić information content (AvgIpc) is 3.15. The summed E-state index contributed by atoms with van der Waals surface area (Å²) in [4.78, 5) is 35.2. The van der Waals surface area contributed by atoms with Crippen LogP contribution >= 0.6 is 22.9 Å². The van der Waals surface area contributed by atoms with Gasteiger partial charge in [0.2, 0.25) is 0 Å². The van der Waals surface area contributed by atoms with Gasteiger partial charge >= 0.3 is 5.97 Å². The largest absolute Gasteiger partial charge is 0.452 e. The lowest BCUT2D eigenvalue weighted by Gasteiger charge is -2.17. The molecule has 0 spiro atoms. The maximum atomic E-state index is 12.6. The Kier molecular flexibility index (Phi) is 5.42. The number of pyridine rings is 1. The van der Waals surface area contributed by atoms with Crippen molar-refractivity contribution in [3.05, 3.63) is 65.3 Å². The number of rotatable bonds is 5. The minimum absolute atomic E-state index is 0.325. The number of para-hydroxylation sites is 1. The highest BCUT2D eigenvalue weighted by Crippen LogP contribution is 2.28. The van der Waals surface area contributed by atoms with E-state index in [1.54, 1.807) is 30.3 Å². The van der Waals surface area contributed by atoms with E-state index in [-0.39, 0.29) is 12.5 Å². The number of carbonyl (C=O) groups is 2. The maximum absolute atomic E-state index is 12.6. The van der Waals surface area contributed by atoms with Crippen LogP contribution in [0.3, 0.4) is 0 Å². The molecule has 0 saturated heterocycles. The molecule has 0 aliphatic rings. The molecule has 4 aromatic rings. The van der Waals surface area contributed by atoms with Crippen LogP contribution in [0.2, 0.25) is 5.15 Å². The fourth-order valence-electron chi connectivity index (χ4n) is 2.91. The lowest BCUT2D eigenvalue weighted by Crippen LogP contribution is -2.34. The van der Waals surface area contributed by atoms with Gasteiger partial charge in [0.25, 0.3) is 5.91 Å². The Bertz CT molecular complexity index is 1190. The Balaban J connectivity index is 1.46. The molecule has 8 heteroatoms. The molecular formula is C21H16ClN3O3S. The number of amides is 1. The van der Waals surface area contributed by atoms with Crippen molar-refractivity contribution in [2.45, 2.75) is 6.92 Å². The Hall–Kier alpha value is -3.03. The Morgan fingerprint density at radius 3 is 2.69 bits per heavy atom. The summed E-state index contributed by atoms with van der Waals surface area (Å²) in [5.41, 5.74) is 1.86. The molecule has 2 aromatic heterocycles. The van der Waals surface area contributed by atoms with Crippen LogP contribution in [0.15, 0.2) is 54.6 Å². The quantitative estimate of drug-likeness (QED) is 0.342. The maximum Gasteiger partial charge on any atom is 0.338 e. The zero-order chi connectivity index (χ0) is 20.4. The zero-order valence-electron chi connectivity index (χ0n) is 15.5. The van der Waals surface area contributed by atoms with Crippen LogP contribution in [0.5, 0.6) is 0 Å². The van der Waals surface area contributed by atoms with Crippen LogP contribution in [0.1, 0.15) is 17.3 Å². The number of thiazole rings is 1. The number of ether oxygens (including phenoxy) is 1. The second-order valence-corrected chi connectivity index (χ2v) is 7.62. The number of hydrogen-bond donors (Lipinski definition) is 0. The van der Waals surface area contributed by atoms with Crippen molar-refractivity contribution in [3.8, 4) is 0 Å². The number of hydrogen-bond acceptors (Lipinski definition) is 6. The summed E-state index contributed by atoms with van der Waals surface area (Å²) >= 11 is 7.30. The molecule has 0 radical (unpaired) electrons. The van der Waals surface area contributed by atoms with Crippen LogP contribution in [-0.4, -0.2) is 35.0 Å². The first-order chi connectivity index (χ1) is 14.0. The van der Waals surface area contributed by atoms with Crippen molar-refractivity contribution in [2.24, 2.45) is 0 Å². The number of anilines is 1. The zero-order valence-corrected chi connectivity index (χ0v) is 17.0. The summed E-state index contributed by atoms with van der Waals surface area (Å²) < 4.78 is 6.24. The van der Waals surface area contributed by atoms with Gasteiger partial charge in [-0.15, -0.1) is 0 Å². The fourth-order valence-corrected chi connectivity index (χ4v) is 4.11. The number of likely N-dealkylation sites (N-methyl/N-ethyl adjacent to an activating group) is 1. The topological polar surface area (TPSA) is 72.4 Å². The molecule has 0 unspecified atom stereocenters. The van der Waals surface area contributed by atoms with E-state index in [2.05, 4.69) is 9.97 Å². The standard InChI is InChI=1S/C21H16ClN3O3S/c1-2-25(21-24-16-5-3-4-6-17(16)29-21)19(26)12-28-20(27)14-7-9-15-13(11-14)8-10-18(22)23-15/h3-11H,2,12H2,1H3. The molecule has 6 nitrogen and oxygen atoms in total. The monoisotopic (exact) mass is 425 g/mol. The molecule has 0 fully saturated rings. The van der Waals surface area contributed by atoms with E-state index >= 15 is 0 Å². The van der Waals surface area contributed by atoms with Gasteiger partial charge in [-0.25, -0.2) is 14.8 Å². The lowest BCUT2D eigenvalue weighted by molar-refractivity contribution is -0.121. The molecule has 0 aliphatic carbocycles. The molecule has 1 amide bonds. The van der Waals surface area contributed by atoms with E-state index in [0.29, 0.717) is 27.9 Å². The molecular weight excluding hydrogens is 410 g/mol. The first kappa shape index (κ1) is 19.3. The van der Waals surface area contributed by atoms with Gasteiger partial charge in [0.05, 0.1) is 21.3 Å². The molecule has 4 rings (SSSR count). The summed E-state index contributed by atoms with van der Waals surface area (Å²) in [6.45, 7) is 1.92. The van der Waals surface area contributed by atoms with Crippen molar-refractivity contribution < 1.29 is 14.3 Å². The highest BCUT2D eigenvalue weighted by molar-refractivity contribution is 7.22. The van der Waals surface area contributed by atoms with Gasteiger partial charge < -0.3 is 4.74 Å². The Morgan fingerprint density at radius 2 is 1.90 bits per heavy atom. The molecule has 2 heterocycles. The highest BCUT2D eigenvalue weighted by atomic mass is 35.5. The van der Waals surface area contributed by atoms with Gasteiger partial charge in [-0.1, -0.05) is 35.1 Å². The third-order valence-corrected chi connectivity index (χ3v) is 5.62. The van der Waals surface area contributed by atoms with Crippen molar-refractivity contribution in [1.82, 2.24) is 9.97 Å². The van der Waals surface area contributed by atoms with Gasteiger partial charge in [0, 0.05) is 11.9 Å². The van der Waals surface area contributed by atoms with Crippen LogP contribution in [0.4, 0.5) is 5.13 Å². The Morgan fingerprint density at radius 1 is 1.07 bits per heavy atom. The SMILES string of the molecule is CCN(C(=O)COC(=O)c1ccc2nc(Cl)ccc2c1)c1nc2ccccc2s1. The molecule has 0 saturated carbocycles. The van der Waals surface area contributed by atoms with Crippen LogP contribution in [0.25, 0.3) is 21.1 Å². The summed E-state index contributed by atoms with van der Waals surface area (Å²) in [7, 11) is 0. The average molecular weight is 426 g/mol. The number of esters is 1. The van der Waals surface area contributed by atoms with Gasteiger partial charge in [0.1, 0.15) is 5.15 Å². The van der Waals surface area contributed by atoms with Gasteiger partial charge in [0.15, 0.2) is 11.7 Å². The number of halogens is 1. The molecule has 0 aliphatic heterocycles. The number of benzene rings is 2. The highest BCUT2D eigenvalue weighted by Gasteiger charge is 2.20. The van der Waals surface area contributed by atoms with E-state index < -0.39 is 5.97 Å². The van der Waals surface area contributed by atoms with Crippen LogP contribution in [0, 0.1) is 0 Å². The van der Waals surface area contributed by atoms with Crippen molar-refractivity contribution in [2.75, 3.05) is 18.1 Å². The van der Waals surface area contributed by atoms with Crippen molar-refractivity contribution in [3.63, 3.8) is 0 Å². The predicted octanol–water partition coefficient (Wildman–Crippen LogP) is 4.71. The first-order valence-electron chi connectivity index (χ1n) is 8.94. The second-order valence-electron chi connectivity index (χ2n) is 6.22. The molecule has 0 bridgehead atoms. The summed E-state index contributed by atoms with van der Waals surface area (Å²) in [5, 5.41) is 1.73. The van der Waals surface area contributed by atoms with Crippen molar-refractivity contribution in [1.29, 1.82) is 0 Å². The van der Waals surface area contributed by atoms with E-state index in [0.717, 1.165) is 15.6 Å². The summed E-state index contributed by atoms with van der Waals surface area (Å²) in [6.07, 6.45) is 0. The predicted molar refractivity (Wildman–Crippen MR) is 115 cm³/mol. The lowest BCUT2D eigenvalue weighted by atomic mass is 10.1. The van der Waals surface area contributed by atoms with Gasteiger partial charge in [-0.3, -0.25) is 9.69 Å². The van der Waals surface area contributed by atoms with E-state index in [1.165, 1.54) is 16.2 Å². The van der Waals surface area contributed by atoms with Crippen molar-refractivity contribution >= 4 is 61.1 Å². The van der Waals surface area contributed by atoms with E-state index in [1.807, 2.05) is 31.2 Å². The minimum atomic E-state index is -0.574. The number of nitrogens with zero attached hydrogens (tertiary/aromatic N) is 3. The summed E-state index contributed by atoms with van der Waals surface area (Å²) in [6, 6.07) is 16.1. The molecule has 0 atom stereocenters. The van der Waals surface area contributed by atoms with Gasteiger partial charge in [-0.2, -0.15) is 0 Å². The van der Waals surface area contributed by atoms with Gasteiger partial charge in [-0.05, 0) is 49.4 Å². The fraction of sp³-hybridized carbons (Fsp3) is 0.143. The third kappa shape index (κ3) is 4.06. The molecule has 0 N–H and O–H groups in total. The van der Waals surface area contributed by atoms with Crippen LogP contribution < -0.4 is 4.90 Å². The first-order valence-corrected chi connectivity index (χ1v) is 10.1. The number of aromatic nitrogens is 2. The minimum Gasteiger partial charge on any atom is -0.452 e.